The molecular formula is C9H14N2O2S. The molecule has 14 heavy (non-hydrogen) atoms. The fourth-order valence-electron chi connectivity index (χ4n) is 0.816. The summed E-state index contributed by atoms with van der Waals surface area (Å²) in [4.78, 5) is 11.3. The Kier molecular flexibility index (Phi) is 6.68. The minimum atomic E-state index is -0.569. The number of hydrogen-bond donors (Lipinski definition) is 1. The van der Waals surface area contributed by atoms with Gasteiger partial charge in [0.2, 0.25) is 0 Å². The summed E-state index contributed by atoms with van der Waals surface area (Å²) in [6.07, 6.45) is 1.80. The molecule has 0 aliphatic carbocycles. The number of nitrogens with one attached hydrogen (secondary N) is 1. The lowest BCUT2D eigenvalue weighted by atomic mass is 10.3. The average molecular weight is 214 g/mol. The molecule has 0 aromatic heterocycles. The Hall–Kier alpha value is -1.15. The van der Waals surface area contributed by atoms with Crippen molar-refractivity contribution in [1.82, 2.24) is 5.32 Å². The average Bonchev–Trinajstić information content (AvgIpc) is 2.18. The second-order valence-electron chi connectivity index (χ2n) is 2.27. The summed E-state index contributed by atoms with van der Waals surface area (Å²) in [5.74, 6) is -0.569. The second kappa shape index (κ2) is 7.27. The first kappa shape index (κ1) is 12.8. The van der Waals surface area contributed by atoms with Crippen LogP contribution in [-0.2, 0) is 9.53 Å². The quantitative estimate of drug-likeness (QED) is 0.424. The van der Waals surface area contributed by atoms with E-state index in [2.05, 4.69) is 5.32 Å². The number of carbonyl (C=O) groups is 1. The Morgan fingerprint density at radius 2 is 2.21 bits per heavy atom. The summed E-state index contributed by atoms with van der Waals surface area (Å²) in [5, 5.41) is 12.3. The van der Waals surface area contributed by atoms with Gasteiger partial charge in [-0.25, -0.2) is 4.79 Å². The molecule has 0 saturated heterocycles. The molecule has 0 spiro atoms. The molecule has 5 heteroatoms. The van der Waals surface area contributed by atoms with Crippen molar-refractivity contribution >= 4 is 17.7 Å². The third kappa shape index (κ3) is 3.71. The van der Waals surface area contributed by atoms with E-state index < -0.39 is 5.97 Å². The van der Waals surface area contributed by atoms with E-state index >= 15 is 0 Å². The van der Waals surface area contributed by atoms with Gasteiger partial charge in [0.05, 0.1) is 11.6 Å². The SMILES string of the molecule is CCN/C(SC)=C(/C#N)C(=O)OCC. The van der Waals surface area contributed by atoms with Crippen molar-refractivity contribution in [2.24, 2.45) is 0 Å². The molecule has 0 radical (unpaired) electrons. The molecule has 0 heterocycles. The highest BCUT2D eigenvalue weighted by Gasteiger charge is 2.15. The van der Waals surface area contributed by atoms with Crippen molar-refractivity contribution < 1.29 is 9.53 Å². The van der Waals surface area contributed by atoms with Crippen molar-refractivity contribution in [1.29, 1.82) is 5.26 Å². The van der Waals surface area contributed by atoms with Crippen molar-refractivity contribution in [2.45, 2.75) is 13.8 Å². The first-order valence-corrected chi connectivity index (χ1v) is 5.53. The van der Waals surface area contributed by atoms with Gasteiger partial charge in [-0.3, -0.25) is 0 Å². The van der Waals surface area contributed by atoms with Crippen LogP contribution in [0.25, 0.3) is 0 Å². The van der Waals surface area contributed by atoms with Gasteiger partial charge in [-0.15, -0.1) is 11.8 Å². The number of ether oxygens (including phenoxy) is 1. The standard InChI is InChI=1S/C9H14N2O2S/c1-4-11-8(14-3)7(6-10)9(12)13-5-2/h11H,4-5H2,1-3H3/b8-7+. The lowest BCUT2D eigenvalue weighted by molar-refractivity contribution is -0.138. The van der Waals surface area contributed by atoms with Crippen LogP contribution in [0.3, 0.4) is 0 Å². The molecule has 0 aromatic rings. The number of nitrogens with zero attached hydrogens (tertiary/aromatic N) is 1. The van der Waals surface area contributed by atoms with Gasteiger partial charge >= 0.3 is 5.97 Å². The maximum absolute atomic E-state index is 11.3. The van der Waals surface area contributed by atoms with E-state index in [-0.39, 0.29) is 12.2 Å². The van der Waals surface area contributed by atoms with Gasteiger partial charge in [0, 0.05) is 6.54 Å². The zero-order valence-corrected chi connectivity index (χ0v) is 9.40. The zero-order valence-electron chi connectivity index (χ0n) is 8.59. The highest BCUT2D eigenvalue weighted by molar-refractivity contribution is 8.02. The molecule has 0 rings (SSSR count). The van der Waals surface area contributed by atoms with Crippen LogP contribution in [0.15, 0.2) is 10.6 Å². The van der Waals surface area contributed by atoms with E-state index in [0.29, 0.717) is 11.6 Å². The fraction of sp³-hybridized carbons (Fsp3) is 0.556. The molecule has 0 bridgehead atoms. The van der Waals surface area contributed by atoms with Crippen LogP contribution < -0.4 is 5.32 Å². The van der Waals surface area contributed by atoms with Crippen LogP contribution in [0.4, 0.5) is 0 Å². The van der Waals surface area contributed by atoms with Crippen LogP contribution in [-0.4, -0.2) is 25.4 Å². The second-order valence-corrected chi connectivity index (χ2v) is 3.09. The van der Waals surface area contributed by atoms with Crippen LogP contribution in [0.1, 0.15) is 13.8 Å². The summed E-state index contributed by atoms with van der Waals surface area (Å²) in [6.45, 7) is 4.55. The van der Waals surface area contributed by atoms with Gasteiger partial charge < -0.3 is 10.1 Å². The first-order chi connectivity index (χ1) is 6.71. The molecule has 0 aromatic carbocycles. The van der Waals surface area contributed by atoms with Crippen LogP contribution in [0, 0.1) is 11.3 Å². The first-order valence-electron chi connectivity index (χ1n) is 4.30. The van der Waals surface area contributed by atoms with Crippen molar-refractivity contribution in [3.63, 3.8) is 0 Å². The van der Waals surface area contributed by atoms with Crippen LogP contribution in [0.5, 0.6) is 0 Å². The molecule has 0 aliphatic rings. The summed E-state index contributed by atoms with van der Waals surface area (Å²) in [6, 6.07) is 1.84. The van der Waals surface area contributed by atoms with Crippen LogP contribution >= 0.6 is 11.8 Å². The molecular weight excluding hydrogens is 200 g/mol. The molecule has 0 saturated carbocycles. The maximum atomic E-state index is 11.3. The third-order valence-electron chi connectivity index (χ3n) is 1.36. The lowest BCUT2D eigenvalue weighted by Gasteiger charge is -2.08. The van der Waals surface area contributed by atoms with E-state index in [1.165, 1.54) is 11.8 Å². The molecule has 0 atom stereocenters. The van der Waals surface area contributed by atoms with Crippen molar-refractivity contribution in [3.05, 3.63) is 10.6 Å². The number of rotatable bonds is 5. The Labute approximate surface area is 88.3 Å². The van der Waals surface area contributed by atoms with Gasteiger partial charge in [0.25, 0.3) is 0 Å². The Morgan fingerprint density at radius 3 is 2.57 bits per heavy atom. The molecule has 4 nitrogen and oxygen atoms in total. The number of hydrogen-bond acceptors (Lipinski definition) is 5. The van der Waals surface area contributed by atoms with E-state index in [4.69, 9.17) is 10.00 Å². The largest absolute Gasteiger partial charge is 0.462 e. The number of esters is 1. The molecule has 0 aliphatic heterocycles. The Bertz CT molecular complexity index is 268. The topological polar surface area (TPSA) is 62.1 Å². The third-order valence-corrected chi connectivity index (χ3v) is 2.12. The summed E-state index contributed by atoms with van der Waals surface area (Å²) >= 11 is 1.33. The summed E-state index contributed by atoms with van der Waals surface area (Å²) < 4.78 is 4.75. The lowest BCUT2D eigenvalue weighted by Crippen LogP contribution is -2.17. The smallest absolute Gasteiger partial charge is 0.351 e. The molecule has 0 fully saturated rings. The molecule has 0 amide bonds. The van der Waals surface area contributed by atoms with Gasteiger partial charge in [0.1, 0.15) is 6.07 Å². The monoisotopic (exact) mass is 214 g/mol. The summed E-state index contributed by atoms with van der Waals surface area (Å²) in [7, 11) is 0. The van der Waals surface area contributed by atoms with E-state index in [1.807, 2.05) is 13.0 Å². The maximum Gasteiger partial charge on any atom is 0.351 e. The molecule has 0 unspecified atom stereocenters. The predicted octanol–water partition coefficient (Wildman–Crippen LogP) is 1.26. The van der Waals surface area contributed by atoms with Gasteiger partial charge in [-0.05, 0) is 20.1 Å². The van der Waals surface area contributed by atoms with Crippen LogP contribution in [0.2, 0.25) is 0 Å². The predicted molar refractivity (Wildman–Crippen MR) is 56.5 cm³/mol. The van der Waals surface area contributed by atoms with E-state index in [0.717, 1.165) is 0 Å². The number of carbonyl (C=O) groups excluding carboxylic acids is 1. The highest BCUT2D eigenvalue weighted by Crippen LogP contribution is 2.14. The van der Waals surface area contributed by atoms with E-state index in [9.17, 15) is 4.79 Å². The van der Waals surface area contributed by atoms with Gasteiger partial charge in [-0.1, -0.05) is 0 Å². The van der Waals surface area contributed by atoms with Gasteiger partial charge in [-0.2, -0.15) is 5.26 Å². The fourth-order valence-corrected chi connectivity index (χ4v) is 1.44. The molecule has 1 N–H and O–H groups in total. The minimum Gasteiger partial charge on any atom is -0.462 e. The van der Waals surface area contributed by atoms with Crippen molar-refractivity contribution in [2.75, 3.05) is 19.4 Å². The Morgan fingerprint density at radius 1 is 1.57 bits per heavy atom. The van der Waals surface area contributed by atoms with E-state index in [1.54, 1.807) is 13.2 Å². The van der Waals surface area contributed by atoms with Gasteiger partial charge in [0.15, 0.2) is 5.57 Å². The number of thioether (sulfide) groups is 1. The number of nitriles is 1. The van der Waals surface area contributed by atoms with Crippen molar-refractivity contribution in [3.8, 4) is 6.07 Å². The highest BCUT2D eigenvalue weighted by atomic mass is 32.2. The molecule has 78 valence electrons. The Balaban J connectivity index is 4.80. The minimum absolute atomic E-state index is 0.0428. The normalized spacial score (nSPS) is 11.3. The zero-order chi connectivity index (χ0) is 11.0. The summed E-state index contributed by atoms with van der Waals surface area (Å²) in [5.41, 5.74) is 0.0428.